The van der Waals surface area contributed by atoms with Gasteiger partial charge >= 0.3 is 17.9 Å². The van der Waals surface area contributed by atoms with Crippen LogP contribution in [-0.2, 0) is 27.7 Å². The fourth-order valence-electron chi connectivity index (χ4n) is 3.55. The van der Waals surface area contributed by atoms with E-state index in [0.717, 1.165) is 32.3 Å². The number of rotatable bonds is 10. The molecule has 0 atom stereocenters. The second kappa shape index (κ2) is 12.6. The topological polar surface area (TPSA) is 78.9 Å². The summed E-state index contributed by atoms with van der Waals surface area (Å²) in [5, 5.41) is 2.68. The molecule has 3 aromatic carbocycles. The van der Waals surface area contributed by atoms with Crippen LogP contribution in [0.2, 0.25) is 0 Å². The molecule has 0 aliphatic carbocycles. The average Bonchev–Trinajstić information content (AvgIpc) is 2.88. The molecule has 0 heterocycles. The van der Waals surface area contributed by atoms with Crippen LogP contribution in [0.1, 0.15) is 30.0 Å². The largest absolute Gasteiger partial charge is 0.519 e. The van der Waals surface area contributed by atoms with Gasteiger partial charge in [-0.25, -0.2) is 0 Å². The lowest BCUT2D eigenvalue weighted by atomic mass is 9.85. The normalized spacial score (nSPS) is 13.3. The Labute approximate surface area is 219 Å². The molecule has 0 saturated heterocycles. The van der Waals surface area contributed by atoms with Crippen molar-refractivity contribution < 1.29 is 27.7 Å². The van der Waals surface area contributed by atoms with E-state index >= 15 is 0 Å². The van der Waals surface area contributed by atoms with Gasteiger partial charge in [-0.15, -0.1) is 0 Å². The monoisotopic (exact) mass is 536 g/mol. The van der Waals surface area contributed by atoms with Crippen LogP contribution in [0.3, 0.4) is 0 Å². The maximum Gasteiger partial charge on any atom is 0.321 e. The van der Waals surface area contributed by atoms with Crippen molar-refractivity contribution in [3.63, 3.8) is 0 Å². The van der Waals surface area contributed by atoms with Crippen molar-refractivity contribution in [2.45, 2.75) is 34.1 Å². The molecule has 0 unspecified atom stereocenters. The summed E-state index contributed by atoms with van der Waals surface area (Å²) in [5.74, 6) is -2.66. The molecule has 0 fully saturated rings. The molecule has 6 nitrogen and oxygen atoms in total. The zero-order valence-electron chi connectivity index (χ0n) is 21.2. The summed E-state index contributed by atoms with van der Waals surface area (Å²) >= 11 is 0. The van der Waals surface area contributed by atoms with Crippen LogP contribution >= 0.6 is 0 Å². The SMILES string of the molecule is CCC(C(=O)O[SiH2]c1ccc(C)cc1)(C(=O)O[SiH2]c1ccc(C)cc1)C(=O)O[SiH2]c1ccc(C)cc1. The van der Waals surface area contributed by atoms with Crippen LogP contribution in [-0.4, -0.2) is 47.2 Å². The quantitative estimate of drug-likeness (QED) is 0.272. The van der Waals surface area contributed by atoms with Crippen LogP contribution in [0, 0.1) is 26.2 Å². The molecular weight excluding hydrogens is 505 g/mol. The van der Waals surface area contributed by atoms with Gasteiger partial charge in [0.1, 0.15) is 0 Å². The van der Waals surface area contributed by atoms with Crippen LogP contribution in [0.25, 0.3) is 0 Å². The number of carbonyl (C=O) groups is 3. The predicted octanol–water partition coefficient (Wildman–Crippen LogP) is 0.166. The average molecular weight is 537 g/mol. The number of aryl methyl sites for hydroxylation is 3. The second-order valence-electron chi connectivity index (χ2n) is 8.94. The third kappa shape index (κ3) is 6.90. The van der Waals surface area contributed by atoms with Crippen LogP contribution in [0.5, 0.6) is 0 Å². The van der Waals surface area contributed by atoms with Crippen molar-refractivity contribution in [2.75, 3.05) is 0 Å². The van der Waals surface area contributed by atoms with E-state index in [1.807, 2.05) is 93.6 Å². The molecule has 188 valence electrons. The van der Waals surface area contributed by atoms with Crippen LogP contribution in [0.4, 0.5) is 0 Å². The summed E-state index contributed by atoms with van der Waals surface area (Å²) in [5.41, 5.74) is 1.15. The minimum Gasteiger partial charge on any atom is -0.519 e. The van der Waals surface area contributed by atoms with Gasteiger partial charge in [-0.2, -0.15) is 0 Å². The van der Waals surface area contributed by atoms with Gasteiger partial charge < -0.3 is 13.3 Å². The zero-order valence-corrected chi connectivity index (χ0v) is 25.4. The van der Waals surface area contributed by atoms with E-state index in [0.29, 0.717) is 0 Å². The Morgan fingerprint density at radius 2 is 0.806 bits per heavy atom. The van der Waals surface area contributed by atoms with Gasteiger partial charge in [0.2, 0.25) is 0 Å². The molecule has 9 heteroatoms. The highest BCUT2D eigenvalue weighted by atomic mass is 28.2. The summed E-state index contributed by atoms with van der Waals surface area (Å²) in [6, 6.07) is 23.0. The summed E-state index contributed by atoms with van der Waals surface area (Å²) in [6.07, 6.45) is -0.101. The molecule has 36 heavy (non-hydrogen) atoms. The lowest BCUT2D eigenvalue weighted by Gasteiger charge is -2.27. The lowest BCUT2D eigenvalue weighted by molar-refractivity contribution is -0.171. The van der Waals surface area contributed by atoms with Crippen LogP contribution < -0.4 is 15.6 Å². The molecular formula is C27H32O6Si3. The van der Waals surface area contributed by atoms with E-state index in [-0.39, 0.29) is 6.42 Å². The van der Waals surface area contributed by atoms with E-state index in [2.05, 4.69) is 0 Å². The smallest absolute Gasteiger partial charge is 0.321 e. The first-order valence-electron chi connectivity index (χ1n) is 11.9. The molecule has 0 N–H and O–H groups in total. The minimum absolute atomic E-state index is 0.101. The van der Waals surface area contributed by atoms with E-state index in [1.165, 1.54) is 0 Å². The molecule has 0 spiro atoms. The lowest BCUT2D eigenvalue weighted by Crippen LogP contribution is -2.51. The van der Waals surface area contributed by atoms with Gasteiger partial charge in [0.15, 0.2) is 0 Å². The number of carbonyl (C=O) groups excluding carboxylic acids is 3. The summed E-state index contributed by atoms with van der Waals surface area (Å²) in [6.45, 7) is 7.53. The van der Waals surface area contributed by atoms with Gasteiger partial charge in [0.25, 0.3) is 34.7 Å². The van der Waals surface area contributed by atoms with Crippen molar-refractivity contribution in [1.29, 1.82) is 0 Å². The van der Waals surface area contributed by atoms with E-state index in [4.69, 9.17) is 13.3 Å². The standard InChI is InChI=1S/C27H32O6Si3/c1-5-27(24(28)31-34-21-12-6-18(2)7-13-21,25(29)32-35-22-14-8-19(3)9-15-22)26(30)33-36-23-16-10-20(4)11-17-23/h6-17H,5,34-36H2,1-4H3. The van der Waals surface area contributed by atoms with Gasteiger partial charge in [-0.1, -0.05) is 96.4 Å². The van der Waals surface area contributed by atoms with Crippen LogP contribution in [0.15, 0.2) is 72.8 Å². The summed E-state index contributed by atoms with van der Waals surface area (Å²) in [7, 11) is -4.53. The van der Waals surface area contributed by atoms with Gasteiger partial charge in [-0.05, 0) is 42.8 Å². The Kier molecular flexibility index (Phi) is 9.57. The maximum absolute atomic E-state index is 13.4. The Morgan fingerprint density at radius 1 is 0.556 bits per heavy atom. The number of benzene rings is 3. The first-order chi connectivity index (χ1) is 17.2. The molecule has 0 saturated carbocycles. The van der Waals surface area contributed by atoms with Crippen molar-refractivity contribution in [3.8, 4) is 0 Å². The third-order valence-corrected chi connectivity index (χ3v) is 9.68. The molecule has 3 aromatic rings. The highest BCUT2D eigenvalue weighted by Crippen LogP contribution is 2.28. The third-order valence-electron chi connectivity index (χ3n) is 6.05. The Bertz CT molecular complexity index is 1040. The first-order valence-corrected chi connectivity index (χ1v) is 15.8. The second-order valence-corrected chi connectivity index (χ2v) is 13.1. The fraction of sp³-hybridized carbons (Fsp3) is 0.222. The Hall–Kier alpha value is -3.28. The number of hydrogen-bond acceptors (Lipinski definition) is 6. The van der Waals surface area contributed by atoms with Crippen molar-refractivity contribution in [3.05, 3.63) is 89.5 Å². The first kappa shape index (κ1) is 27.3. The molecule has 0 aliphatic rings. The summed E-state index contributed by atoms with van der Waals surface area (Å²) in [4.78, 5) is 40.1. The highest BCUT2D eigenvalue weighted by molar-refractivity contribution is 6.52. The molecule has 3 rings (SSSR count). The summed E-state index contributed by atoms with van der Waals surface area (Å²) < 4.78 is 16.9. The number of hydrogen-bond donors (Lipinski definition) is 0. The van der Waals surface area contributed by atoms with E-state index in [9.17, 15) is 14.4 Å². The molecule has 0 aromatic heterocycles. The molecule has 0 radical (unpaired) electrons. The highest BCUT2D eigenvalue weighted by Gasteiger charge is 2.55. The molecule has 0 amide bonds. The molecule has 0 bridgehead atoms. The van der Waals surface area contributed by atoms with Crippen molar-refractivity contribution in [2.24, 2.45) is 5.41 Å². The Morgan fingerprint density at radius 3 is 1.03 bits per heavy atom. The maximum atomic E-state index is 13.4. The molecule has 0 aliphatic heterocycles. The zero-order chi connectivity index (χ0) is 26.1. The van der Waals surface area contributed by atoms with Gasteiger partial charge in [0, 0.05) is 0 Å². The predicted molar refractivity (Wildman–Crippen MR) is 149 cm³/mol. The van der Waals surface area contributed by atoms with E-state index in [1.54, 1.807) is 6.92 Å². The van der Waals surface area contributed by atoms with Gasteiger partial charge in [-0.3, -0.25) is 14.4 Å². The van der Waals surface area contributed by atoms with E-state index < -0.39 is 52.6 Å². The minimum atomic E-state index is -2.13. The Balaban J connectivity index is 1.80. The van der Waals surface area contributed by atoms with Crippen molar-refractivity contribution >= 4 is 62.8 Å². The van der Waals surface area contributed by atoms with Crippen molar-refractivity contribution in [1.82, 2.24) is 0 Å². The fourth-order valence-corrected chi connectivity index (χ4v) is 6.47. The van der Waals surface area contributed by atoms with Gasteiger partial charge in [0.05, 0.1) is 0 Å².